The molecule has 0 unspecified atom stereocenters. The van der Waals surface area contributed by atoms with Gasteiger partial charge in [-0.15, -0.1) is 0 Å². The Bertz CT molecular complexity index is 875. The number of amides is 1. The van der Waals surface area contributed by atoms with Gasteiger partial charge in [-0.25, -0.2) is 4.98 Å². The van der Waals surface area contributed by atoms with Crippen LogP contribution in [-0.2, 0) is 9.53 Å². The van der Waals surface area contributed by atoms with Crippen molar-refractivity contribution >= 4 is 17.7 Å². The number of nitrogens with zero attached hydrogens (tertiary/aromatic N) is 4. The first kappa shape index (κ1) is 24.6. The zero-order valence-corrected chi connectivity index (χ0v) is 19.2. The minimum absolute atomic E-state index is 0.0677. The second kappa shape index (κ2) is 11.2. The number of benzene rings is 1. The molecule has 1 aromatic carbocycles. The highest BCUT2D eigenvalue weighted by Crippen LogP contribution is 2.23. The van der Waals surface area contributed by atoms with Gasteiger partial charge in [0.05, 0.1) is 5.75 Å². The van der Waals surface area contributed by atoms with Gasteiger partial charge in [0.25, 0.3) is 0 Å². The molecule has 1 aliphatic rings. The summed E-state index contributed by atoms with van der Waals surface area (Å²) in [5.41, 5.74) is 3.37. The van der Waals surface area contributed by atoms with Crippen molar-refractivity contribution in [2.75, 3.05) is 51.7 Å². The molecule has 0 radical (unpaired) electrons. The average Bonchev–Trinajstić information content (AvgIpc) is 3.19. The lowest BCUT2D eigenvalue weighted by atomic mass is 10.1. The molecule has 3 rings (SSSR count). The Morgan fingerprint density at radius 1 is 1.12 bits per heavy atom. The van der Waals surface area contributed by atoms with Crippen LogP contribution in [0.4, 0.5) is 13.2 Å². The fourth-order valence-corrected chi connectivity index (χ4v) is 4.58. The van der Waals surface area contributed by atoms with Crippen LogP contribution in [0.5, 0.6) is 0 Å². The molecule has 0 atom stereocenters. The highest BCUT2D eigenvalue weighted by atomic mass is 32.2. The number of alkyl halides is 3. The summed E-state index contributed by atoms with van der Waals surface area (Å²) in [5, 5.41) is 0.779. The van der Waals surface area contributed by atoms with E-state index in [9.17, 15) is 18.0 Å². The van der Waals surface area contributed by atoms with Crippen LogP contribution in [0, 0.1) is 13.8 Å². The number of aromatic nitrogens is 2. The van der Waals surface area contributed by atoms with Crippen molar-refractivity contribution in [1.82, 2.24) is 19.4 Å². The number of carbonyl (C=O) groups excluding carboxylic acids is 1. The lowest BCUT2D eigenvalue weighted by Crippen LogP contribution is -2.49. The Morgan fingerprint density at radius 2 is 1.81 bits per heavy atom. The molecule has 1 saturated heterocycles. The van der Waals surface area contributed by atoms with Crippen molar-refractivity contribution in [3.63, 3.8) is 0 Å². The SMILES string of the molecule is Cc1cc(C)cc(-n2ccnc2SCC(=O)N2CCN(CCCOCC(F)(F)F)CC2)c1. The second-order valence-corrected chi connectivity index (χ2v) is 8.90. The van der Waals surface area contributed by atoms with E-state index in [1.54, 1.807) is 6.20 Å². The summed E-state index contributed by atoms with van der Waals surface area (Å²) in [6.45, 7) is 6.33. The number of imidazole rings is 1. The summed E-state index contributed by atoms with van der Waals surface area (Å²) in [5.74, 6) is 0.380. The van der Waals surface area contributed by atoms with Gasteiger partial charge in [0.2, 0.25) is 5.91 Å². The van der Waals surface area contributed by atoms with Gasteiger partial charge in [-0.3, -0.25) is 14.3 Å². The first-order chi connectivity index (χ1) is 15.2. The van der Waals surface area contributed by atoms with E-state index in [2.05, 4.69) is 46.7 Å². The van der Waals surface area contributed by atoms with E-state index in [-0.39, 0.29) is 12.5 Å². The van der Waals surface area contributed by atoms with Crippen molar-refractivity contribution in [3.05, 3.63) is 41.7 Å². The number of thioether (sulfide) groups is 1. The lowest BCUT2D eigenvalue weighted by Gasteiger charge is -2.34. The minimum Gasteiger partial charge on any atom is -0.372 e. The van der Waals surface area contributed by atoms with Crippen LogP contribution >= 0.6 is 11.8 Å². The quantitative estimate of drug-likeness (QED) is 0.413. The molecule has 2 aromatic rings. The molecule has 10 heteroatoms. The van der Waals surface area contributed by atoms with E-state index in [1.807, 2.05) is 15.7 Å². The molecule has 0 saturated carbocycles. The number of piperazine rings is 1. The maximum Gasteiger partial charge on any atom is 0.411 e. The highest BCUT2D eigenvalue weighted by Gasteiger charge is 2.27. The van der Waals surface area contributed by atoms with Crippen LogP contribution in [0.15, 0.2) is 35.7 Å². The maximum atomic E-state index is 12.7. The first-order valence-electron chi connectivity index (χ1n) is 10.6. The standard InChI is InChI=1S/C22H29F3N4O2S/c1-17-12-18(2)14-19(13-17)29-6-4-26-21(29)32-15-20(30)28-9-7-27(8-10-28)5-3-11-31-16-22(23,24)25/h4,6,12-14H,3,5,7-11,15-16H2,1-2H3. The van der Waals surface area contributed by atoms with E-state index in [0.29, 0.717) is 44.9 Å². The zero-order chi connectivity index (χ0) is 23.1. The molecule has 1 aromatic heterocycles. The Morgan fingerprint density at radius 3 is 2.47 bits per heavy atom. The summed E-state index contributed by atoms with van der Waals surface area (Å²) in [6.07, 6.45) is -0.0962. The van der Waals surface area contributed by atoms with E-state index in [1.165, 1.54) is 22.9 Å². The van der Waals surface area contributed by atoms with Crippen LogP contribution in [0.1, 0.15) is 17.5 Å². The van der Waals surface area contributed by atoms with Crippen LogP contribution in [0.3, 0.4) is 0 Å². The van der Waals surface area contributed by atoms with E-state index >= 15 is 0 Å². The smallest absolute Gasteiger partial charge is 0.372 e. The Labute approximate surface area is 190 Å². The number of aryl methyl sites for hydroxylation is 2. The molecule has 1 fully saturated rings. The third-order valence-corrected chi connectivity index (χ3v) is 6.12. The summed E-state index contributed by atoms with van der Waals surface area (Å²) < 4.78 is 42.8. The van der Waals surface area contributed by atoms with Crippen molar-refractivity contribution in [1.29, 1.82) is 0 Å². The number of hydrogen-bond acceptors (Lipinski definition) is 5. The number of hydrogen-bond donors (Lipinski definition) is 0. The molecule has 0 N–H and O–H groups in total. The normalized spacial score (nSPS) is 15.3. The first-order valence-corrected chi connectivity index (χ1v) is 11.6. The van der Waals surface area contributed by atoms with Gasteiger partial charge < -0.3 is 9.64 Å². The van der Waals surface area contributed by atoms with Crippen LogP contribution in [0.2, 0.25) is 0 Å². The summed E-state index contributed by atoms with van der Waals surface area (Å²) >= 11 is 1.42. The lowest BCUT2D eigenvalue weighted by molar-refractivity contribution is -0.174. The molecule has 0 aliphatic carbocycles. The molecule has 6 nitrogen and oxygen atoms in total. The van der Waals surface area contributed by atoms with E-state index in [4.69, 9.17) is 0 Å². The predicted octanol–water partition coefficient (Wildman–Crippen LogP) is 3.69. The summed E-state index contributed by atoms with van der Waals surface area (Å²) in [6, 6.07) is 6.30. The van der Waals surface area contributed by atoms with Gasteiger partial charge in [0.15, 0.2) is 5.16 Å². The molecular weight excluding hydrogens is 441 g/mol. The molecule has 1 aliphatic heterocycles. The monoisotopic (exact) mass is 470 g/mol. The topological polar surface area (TPSA) is 50.6 Å². The summed E-state index contributed by atoms with van der Waals surface area (Å²) in [4.78, 5) is 21.1. The van der Waals surface area contributed by atoms with E-state index < -0.39 is 12.8 Å². The maximum absolute atomic E-state index is 12.7. The van der Waals surface area contributed by atoms with Gasteiger partial charge >= 0.3 is 6.18 Å². The largest absolute Gasteiger partial charge is 0.411 e. The fourth-order valence-electron chi connectivity index (χ4n) is 3.70. The second-order valence-electron chi connectivity index (χ2n) is 7.96. The van der Waals surface area contributed by atoms with Crippen LogP contribution < -0.4 is 0 Å². The van der Waals surface area contributed by atoms with Gasteiger partial charge in [0.1, 0.15) is 6.61 Å². The third-order valence-electron chi connectivity index (χ3n) is 5.17. The van der Waals surface area contributed by atoms with Crippen LogP contribution in [0.25, 0.3) is 5.69 Å². The van der Waals surface area contributed by atoms with Gasteiger partial charge in [-0.2, -0.15) is 13.2 Å². The molecule has 1 amide bonds. The minimum atomic E-state index is -4.28. The predicted molar refractivity (Wildman–Crippen MR) is 118 cm³/mol. The Balaban J connectivity index is 1.40. The van der Waals surface area contributed by atoms with Gasteiger partial charge in [0, 0.05) is 57.4 Å². The van der Waals surface area contributed by atoms with E-state index in [0.717, 1.165) is 10.8 Å². The third kappa shape index (κ3) is 7.53. The van der Waals surface area contributed by atoms with Crippen molar-refractivity contribution in [3.8, 4) is 5.69 Å². The van der Waals surface area contributed by atoms with Crippen molar-refractivity contribution in [2.24, 2.45) is 0 Å². The van der Waals surface area contributed by atoms with Gasteiger partial charge in [-0.1, -0.05) is 17.8 Å². The Hall–Kier alpha value is -2.04. The molecule has 0 bridgehead atoms. The average molecular weight is 471 g/mol. The van der Waals surface area contributed by atoms with Crippen molar-refractivity contribution < 1.29 is 22.7 Å². The molecule has 2 heterocycles. The Kier molecular flexibility index (Phi) is 8.61. The molecule has 32 heavy (non-hydrogen) atoms. The molecular formula is C22H29F3N4O2S. The number of carbonyl (C=O) groups is 1. The zero-order valence-electron chi connectivity index (χ0n) is 18.4. The van der Waals surface area contributed by atoms with Crippen molar-refractivity contribution in [2.45, 2.75) is 31.6 Å². The van der Waals surface area contributed by atoms with Crippen LogP contribution in [-0.4, -0.2) is 83.1 Å². The summed E-state index contributed by atoms with van der Waals surface area (Å²) in [7, 11) is 0. The number of rotatable bonds is 9. The fraction of sp³-hybridized carbons (Fsp3) is 0.545. The highest BCUT2D eigenvalue weighted by molar-refractivity contribution is 7.99. The molecule has 0 spiro atoms. The molecule has 176 valence electrons. The van der Waals surface area contributed by atoms with Gasteiger partial charge in [-0.05, 0) is 43.5 Å². The number of ether oxygens (including phenoxy) is 1. The number of halogens is 3.